The molecule has 0 amide bonds. The molecule has 15 heavy (non-hydrogen) atoms. The third kappa shape index (κ3) is 5.26. The predicted molar refractivity (Wildman–Crippen MR) is 68.6 cm³/mol. The third-order valence-electron chi connectivity index (χ3n) is 1.58. The zero-order valence-electron chi connectivity index (χ0n) is 8.17. The van der Waals surface area contributed by atoms with Gasteiger partial charge in [0.15, 0.2) is 5.12 Å². The molecule has 0 heterocycles. The maximum atomic E-state index is 10.7. The third-order valence-corrected chi connectivity index (χ3v) is 2.78. The number of hydrogen-bond acceptors (Lipinski definition) is 2. The molecule has 0 aliphatic carbocycles. The average Bonchev–Trinajstić information content (AvgIpc) is 2.10. The topological polar surface area (TPSA) is 17.1 Å². The summed E-state index contributed by atoms with van der Waals surface area (Å²) in [5.41, 5.74) is 0.941. The minimum atomic E-state index is 0.115. The molecule has 0 saturated heterocycles. The Hall–Kier alpha value is -0.440. The summed E-state index contributed by atoms with van der Waals surface area (Å²) in [5.74, 6) is 0.666. The van der Waals surface area contributed by atoms with Crippen molar-refractivity contribution in [2.45, 2.75) is 6.92 Å². The Morgan fingerprint density at radius 1 is 1.33 bits per heavy atom. The molecule has 0 saturated carbocycles. The quantitative estimate of drug-likeness (QED) is 0.807. The molecule has 1 aromatic rings. The molecule has 0 aliphatic heterocycles. The van der Waals surface area contributed by atoms with Crippen molar-refractivity contribution in [3.8, 4) is 0 Å². The molecule has 0 bridgehead atoms. The first-order valence-electron chi connectivity index (χ1n) is 4.34. The van der Waals surface area contributed by atoms with Gasteiger partial charge in [0.1, 0.15) is 0 Å². The van der Waals surface area contributed by atoms with Crippen molar-refractivity contribution < 1.29 is 4.79 Å². The molecule has 1 aromatic carbocycles. The monoisotopic (exact) mass is 260 g/mol. The van der Waals surface area contributed by atoms with Gasteiger partial charge in [-0.2, -0.15) is 0 Å². The summed E-state index contributed by atoms with van der Waals surface area (Å²) in [4.78, 5) is 10.7. The fourth-order valence-electron chi connectivity index (χ4n) is 1.02. The summed E-state index contributed by atoms with van der Waals surface area (Å²) < 4.78 is 0. The van der Waals surface area contributed by atoms with Gasteiger partial charge in [-0.05, 0) is 23.8 Å². The Morgan fingerprint density at radius 3 is 2.47 bits per heavy atom. The van der Waals surface area contributed by atoms with E-state index in [-0.39, 0.29) is 5.12 Å². The number of rotatable bonds is 3. The normalized spacial score (nSPS) is 10.9. The van der Waals surface area contributed by atoms with E-state index >= 15 is 0 Å². The highest BCUT2D eigenvalue weighted by atomic mass is 35.5. The van der Waals surface area contributed by atoms with E-state index in [0.717, 1.165) is 5.56 Å². The molecule has 1 nitrogen and oxygen atoms in total. The average molecular weight is 261 g/mol. The Balaban J connectivity index is 2.60. The number of thioether (sulfide) groups is 1. The van der Waals surface area contributed by atoms with Gasteiger partial charge in [0.05, 0.1) is 0 Å². The number of hydrogen-bond donors (Lipinski definition) is 0. The number of benzene rings is 1. The second-order valence-corrected chi connectivity index (χ2v) is 4.98. The summed E-state index contributed by atoms with van der Waals surface area (Å²) in [6.45, 7) is 1.55. The van der Waals surface area contributed by atoms with E-state index in [9.17, 15) is 4.79 Å². The first-order valence-corrected chi connectivity index (χ1v) is 6.08. The predicted octanol–water partition coefficient (Wildman–Crippen LogP) is 4.29. The Bertz CT molecular complexity index is 368. The van der Waals surface area contributed by atoms with E-state index in [1.54, 1.807) is 13.0 Å². The van der Waals surface area contributed by atoms with Crippen LogP contribution in [0.1, 0.15) is 12.5 Å². The largest absolute Gasteiger partial charge is 0.288 e. The number of halogens is 2. The highest BCUT2D eigenvalue weighted by Crippen LogP contribution is 2.20. The van der Waals surface area contributed by atoms with Crippen molar-refractivity contribution in [2.75, 3.05) is 5.75 Å². The van der Waals surface area contributed by atoms with Crippen molar-refractivity contribution in [3.63, 3.8) is 0 Å². The SMILES string of the molecule is CC(=O)SCC=Cc1cc(Cl)cc(Cl)c1. The van der Waals surface area contributed by atoms with Crippen LogP contribution in [0.4, 0.5) is 0 Å². The fraction of sp³-hybridized carbons (Fsp3) is 0.182. The molecule has 0 radical (unpaired) electrons. The van der Waals surface area contributed by atoms with Crippen LogP contribution in [0, 0.1) is 0 Å². The zero-order chi connectivity index (χ0) is 11.3. The van der Waals surface area contributed by atoms with Gasteiger partial charge in [0, 0.05) is 22.7 Å². The van der Waals surface area contributed by atoms with Gasteiger partial charge in [-0.3, -0.25) is 4.79 Å². The van der Waals surface area contributed by atoms with Gasteiger partial charge in [-0.15, -0.1) is 0 Å². The molecule has 0 spiro atoms. The summed E-state index contributed by atoms with van der Waals surface area (Å²) in [6, 6.07) is 5.33. The lowest BCUT2D eigenvalue weighted by Gasteiger charge is -1.96. The van der Waals surface area contributed by atoms with E-state index in [2.05, 4.69) is 0 Å². The highest BCUT2D eigenvalue weighted by Gasteiger charge is 1.95. The summed E-state index contributed by atoms with van der Waals surface area (Å²) in [7, 11) is 0. The van der Waals surface area contributed by atoms with Crippen molar-refractivity contribution in [3.05, 3.63) is 39.9 Å². The molecule has 1 rings (SSSR count). The van der Waals surface area contributed by atoms with Crippen LogP contribution in [0.3, 0.4) is 0 Å². The van der Waals surface area contributed by atoms with Gasteiger partial charge >= 0.3 is 0 Å². The van der Waals surface area contributed by atoms with Crippen LogP contribution in [0.5, 0.6) is 0 Å². The first kappa shape index (κ1) is 12.6. The Morgan fingerprint density at radius 2 is 1.93 bits per heavy atom. The van der Waals surface area contributed by atoms with E-state index in [4.69, 9.17) is 23.2 Å². The van der Waals surface area contributed by atoms with Crippen LogP contribution < -0.4 is 0 Å². The minimum absolute atomic E-state index is 0.115. The Kier molecular flexibility index (Phi) is 5.23. The van der Waals surface area contributed by atoms with Gasteiger partial charge in [-0.25, -0.2) is 0 Å². The highest BCUT2D eigenvalue weighted by molar-refractivity contribution is 8.13. The van der Waals surface area contributed by atoms with E-state index in [1.165, 1.54) is 11.8 Å². The van der Waals surface area contributed by atoms with Crippen molar-refractivity contribution in [1.82, 2.24) is 0 Å². The van der Waals surface area contributed by atoms with Crippen molar-refractivity contribution in [1.29, 1.82) is 0 Å². The van der Waals surface area contributed by atoms with Gasteiger partial charge in [0.25, 0.3) is 0 Å². The minimum Gasteiger partial charge on any atom is -0.288 e. The van der Waals surface area contributed by atoms with Crippen LogP contribution in [0.25, 0.3) is 6.08 Å². The van der Waals surface area contributed by atoms with Crippen molar-refractivity contribution >= 4 is 46.2 Å². The maximum Gasteiger partial charge on any atom is 0.186 e. The lowest BCUT2D eigenvalue weighted by Crippen LogP contribution is -1.81. The molecule has 0 aliphatic rings. The van der Waals surface area contributed by atoms with Crippen LogP contribution in [-0.2, 0) is 4.79 Å². The van der Waals surface area contributed by atoms with Gasteiger partial charge in [-0.1, -0.05) is 47.1 Å². The van der Waals surface area contributed by atoms with Crippen LogP contribution in [0.2, 0.25) is 10.0 Å². The fourth-order valence-corrected chi connectivity index (χ4v) is 1.99. The summed E-state index contributed by atoms with van der Waals surface area (Å²) >= 11 is 12.9. The second kappa shape index (κ2) is 6.21. The van der Waals surface area contributed by atoms with Gasteiger partial charge in [0.2, 0.25) is 0 Å². The lowest BCUT2D eigenvalue weighted by atomic mass is 10.2. The summed E-state index contributed by atoms with van der Waals surface area (Å²) in [6.07, 6.45) is 3.81. The molecule has 4 heteroatoms. The molecule has 80 valence electrons. The second-order valence-electron chi connectivity index (χ2n) is 2.91. The summed E-state index contributed by atoms with van der Waals surface area (Å²) in [5, 5.41) is 1.34. The standard InChI is InChI=1S/C11H10Cl2OS/c1-8(14)15-4-2-3-9-5-10(12)7-11(13)6-9/h2-3,5-7H,4H2,1H3. The van der Waals surface area contributed by atoms with Crippen LogP contribution >= 0.6 is 35.0 Å². The molecular formula is C11H10Cl2OS. The molecule has 0 N–H and O–H groups in total. The number of carbonyl (C=O) groups excluding carboxylic acids is 1. The first-order chi connectivity index (χ1) is 7.08. The number of carbonyl (C=O) groups is 1. The van der Waals surface area contributed by atoms with E-state index in [1.807, 2.05) is 24.3 Å². The van der Waals surface area contributed by atoms with E-state index < -0.39 is 0 Å². The zero-order valence-corrected chi connectivity index (χ0v) is 10.5. The van der Waals surface area contributed by atoms with E-state index in [0.29, 0.717) is 15.8 Å². The molecule has 0 unspecified atom stereocenters. The lowest BCUT2D eigenvalue weighted by molar-refractivity contribution is -0.109. The van der Waals surface area contributed by atoms with Crippen molar-refractivity contribution in [2.24, 2.45) is 0 Å². The van der Waals surface area contributed by atoms with Crippen LogP contribution in [-0.4, -0.2) is 10.9 Å². The molecule has 0 atom stereocenters. The van der Waals surface area contributed by atoms with Gasteiger partial charge < -0.3 is 0 Å². The molecule has 0 aromatic heterocycles. The van der Waals surface area contributed by atoms with Crippen LogP contribution in [0.15, 0.2) is 24.3 Å². The smallest absolute Gasteiger partial charge is 0.186 e. The Labute approximate surface area is 103 Å². The molecular weight excluding hydrogens is 251 g/mol. The molecule has 0 fully saturated rings. The maximum absolute atomic E-state index is 10.7.